The van der Waals surface area contributed by atoms with Crippen molar-refractivity contribution < 1.29 is 22.7 Å². The predicted octanol–water partition coefficient (Wildman–Crippen LogP) is 2.33. The summed E-state index contributed by atoms with van der Waals surface area (Å²) in [6.07, 6.45) is 0.894. The lowest BCUT2D eigenvalue weighted by Crippen LogP contribution is -2.28. The number of anilines is 1. The molecule has 27 heavy (non-hydrogen) atoms. The number of sulfonamides is 1. The molecule has 0 atom stereocenters. The maximum Gasteiger partial charge on any atom is 0.240 e. The fourth-order valence-corrected chi connectivity index (χ4v) is 3.82. The number of carbonyl (C=O) groups is 1. The van der Waals surface area contributed by atoms with E-state index in [0.717, 1.165) is 11.3 Å². The van der Waals surface area contributed by atoms with E-state index in [-0.39, 0.29) is 24.0 Å². The van der Waals surface area contributed by atoms with Crippen LogP contribution in [-0.2, 0) is 21.2 Å². The summed E-state index contributed by atoms with van der Waals surface area (Å²) in [4.78, 5) is 11.6. The molecule has 0 fully saturated rings. The number of amides is 1. The highest BCUT2D eigenvalue weighted by Gasteiger charge is 2.19. The SMILES string of the molecule is CCOc1ccc(OCCNS(=O)(=O)c2ccc3c(c2)CCC(=O)N3)cc1. The Bertz CT molecular complexity index is 910. The molecule has 1 aliphatic rings. The van der Waals surface area contributed by atoms with Crippen LogP contribution in [0.25, 0.3) is 0 Å². The van der Waals surface area contributed by atoms with Crippen molar-refractivity contribution in [3.8, 4) is 11.5 Å². The Morgan fingerprint density at radius 2 is 1.74 bits per heavy atom. The monoisotopic (exact) mass is 390 g/mol. The van der Waals surface area contributed by atoms with E-state index in [1.165, 1.54) is 6.07 Å². The number of hydrogen-bond donors (Lipinski definition) is 2. The van der Waals surface area contributed by atoms with Crippen LogP contribution in [0.1, 0.15) is 18.9 Å². The second kappa shape index (κ2) is 8.41. The van der Waals surface area contributed by atoms with Crippen molar-refractivity contribution in [2.24, 2.45) is 0 Å². The summed E-state index contributed by atoms with van der Waals surface area (Å²) in [6, 6.07) is 11.9. The Labute approximate surface area is 158 Å². The highest BCUT2D eigenvalue weighted by Crippen LogP contribution is 2.25. The molecule has 2 N–H and O–H groups in total. The van der Waals surface area contributed by atoms with Crippen molar-refractivity contribution in [1.29, 1.82) is 0 Å². The van der Waals surface area contributed by atoms with E-state index in [1.54, 1.807) is 36.4 Å². The Balaban J connectivity index is 1.53. The number of hydrogen-bond acceptors (Lipinski definition) is 5. The minimum Gasteiger partial charge on any atom is -0.494 e. The molecule has 8 heteroatoms. The van der Waals surface area contributed by atoms with Gasteiger partial charge in [-0.2, -0.15) is 0 Å². The maximum absolute atomic E-state index is 12.4. The second-order valence-corrected chi connectivity index (χ2v) is 7.78. The van der Waals surface area contributed by atoms with Gasteiger partial charge in [-0.25, -0.2) is 13.1 Å². The average Bonchev–Trinajstić information content (AvgIpc) is 2.66. The van der Waals surface area contributed by atoms with Crippen LogP contribution >= 0.6 is 0 Å². The third-order valence-electron chi connectivity index (χ3n) is 4.08. The van der Waals surface area contributed by atoms with Gasteiger partial charge in [-0.05, 0) is 61.4 Å². The minimum atomic E-state index is -3.64. The van der Waals surface area contributed by atoms with Gasteiger partial charge in [0, 0.05) is 18.7 Å². The molecule has 7 nitrogen and oxygen atoms in total. The fourth-order valence-electron chi connectivity index (χ4n) is 2.75. The van der Waals surface area contributed by atoms with Gasteiger partial charge in [0.25, 0.3) is 0 Å². The van der Waals surface area contributed by atoms with Crippen molar-refractivity contribution >= 4 is 21.6 Å². The lowest BCUT2D eigenvalue weighted by Gasteiger charge is -2.17. The second-order valence-electron chi connectivity index (χ2n) is 6.02. The number of carbonyl (C=O) groups excluding carboxylic acids is 1. The van der Waals surface area contributed by atoms with E-state index in [2.05, 4.69) is 10.0 Å². The summed E-state index contributed by atoms with van der Waals surface area (Å²) < 4.78 is 38.3. The van der Waals surface area contributed by atoms with E-state index in [1.807, 2.05) is 6.92 Å². The van der Waals surface area contributed by atoms with Gasteiger partial charge in [-0.15, -0.1) is 0 Å². The molecular weight excluding hydrogens is 368 g/mol. The zero-order chi connectivity index (χ0) is 19.3. The van der Waals surface area contributed by atoms with E-state index in [4.69, 9.17) is 9.47 Å². The summed E-state index contributed by atoms with van der Waals surface area (Å²) in [5.41, 5.74) is 1.49. The van der Waals surface area contributed by atoms with E-state index in [9.17, 15) is 13.2 Å². The lowest BCUT2D eigenvalue weighted by atomic mass is 10.0. The maximum atomic E-state index is 12.4. The third-order valence-corrected chi connectivity index (χ3v) is 5.54. The van der Waals surface area contributed by atoms with Gasteiger partial charge in [0.05, 0.1) is 11.5 Å². The summed E-state index contributed by atoms with van der Waals surface area (Å²) in [6.45, 7) is 2.85. The Hall–Kier alpha value is -2.58. The molecule has 2 aromatic carbocycles. The fraction of sp³-hybridized carbons (Fsp3) is 0.316. The molecular formula is C19H22N2O5S. The Morgan fingerprint density at radius 1 is 1.04 bits per heavy atom. The van der Waals surface area contributed by atoms with Crippen molar-refractivity contribution in [2.75, 3.05) is 25.1 Å². The number of rotatable bonds is 8. The Morgan fingerprint density at radius 3 is 2.44 bits per heavy atom. The highest BCUT2D eigenvalue weighted by atomic mass is 32.2. The molecule has 0 saturated carbocycles. The standard InChI is InChI=1S/C19H22N2O5S/c1-2-25-15-4-6-16(7-5-15)26-12-11-20-27(23,24)17-8-9-18-14(13-17)3-10-19(22)21-18/h4-9,13,20H,2-3,10-12H2,1H3,(H,21,22). The van der Waals surface area contributed by atoms with Gasteiger partial charge in [0.15, 0.2) is 0 Å². The molecule has 144 valence electrons. The van der Waals surface area contributed by atoms with Crippen LogP contribution in [0, 0.1) is 0 Å². The highest BCUT2D eigenvalue weighted by molar-refractivity contribution is 7.89. The smallest absolute Gasteiger partial charge is 0.240 e. The molecule has 0 aliphatic carbocycles. The van der Waals surface area contributed by atoms with E-state index < -0.39 is 10.0 Å². The summed E-state index contributed by atoms with van der Waals surface area (Å²) in [5.74, 6) is 1.35. The first-order valence-corrected chi connectivity index (χ1v) is 10.2. The molecule has 1 heterocycles. The minimum absolute atomic E-state index is 0.0531. The lowest BCUT2D eigenvalue weighted by molar-refractivity contribution is -0.116. The number of nitrogens with one attached hydrogen (secondary N) is 2. The molecule has 2 aromatic rings. The van der Waals surface area contributed by atoms with Gasteiger partial charge >= 0.3 is 0 Å². The van der Waals surface area contributed by atoms with Gasteiger partial charge in [-0.1, -0.05) is 0 Å². The predicted molar refractivity (Wildman–Crippen MR) is 102 cm³/mol. The average molecular weight is 390 g/mol. The van der Waals surface area contributed by atoms with Crippen LogP contribution in [-0.4, -0.2) is 34.1 Å². The molecule has 0 saturated heterocycles. The molecule has 0 unspecified atom stereocenters. The molecule has 3 rings (SSSR count). The topological polar surface area (TPSA) is 93.7 Å². The summed E-state index contributed by atoms with van der Waals surface area (Å²) in [5, 5.41) is 2.74. The zero-order valence-electron chi connectivity index (χ0n) is 15.0. The zero-order valence-corrected chi connectivity index (χ0v) is 15.8. The number of benzene rings is 2. The molecule has 1 aliphatic heterocycles. The summed E-state index contributed by atoms with van der Waals surface area (Å²) in [7, 11) is -3.64. The number of aryl methyl sites for hydroxylation is 1. The normalized spacial score (nSPS) is 13.6. The van der Waals surface area contributed by atoms with Crippen molar-refractivity contribution in [3.63, 3.8) is 0 Å². The van der Waals surface area contributed by atoms with Crippen LogP contribution < -0.4 is 19.5 Å². The molecule has 0 radical (unpaired) electrons. The van der Waals surface area contributed by atoms with Crippen LogP contribution in [0.15, 0.2) is 47.4 Å². The van der Waals surface area contributed by atoms with Crippen LogP contribution in [0.3, 0.4) is 0 Å². The van der Waals surface area contributed by atoms with Crippen LogP contribution in [0.2, 0.25) is 0 Å². The van der Waals surface area contributed by atoms with Crippen molar-refractivity contribution in [3.05, 3.63) is 48.0 Å². The van der Waals surface area contributed by atoms with Gasteiger partial charge in [-0.3, -0.25) is 4.79 Å². The van der Waals surface area contributed by atoms with Gasteiger partial charge < -0.3 is 14.8 Å². The first-order chi connectivity index (χ1) is 13.0. The largest absolute Gasteiger partial charge is 0.494 e. The van der Waals surface area contributed by atoms with Gasteiger partial charge in [0.2, 0.25) is 15.9 Å². The molecule has 1 amide bonds. The first-order valence-electron chi connectivity index (χ1n) is 8.76. The van der Waals surface area contributed by atoms with Crippen molar-refractivity contribution in [1.82, 2.24) is 4.72 Å². The molecule has 0 spiro atoms. The van der Waals surface area contributed by atoms with Crippen LogP contribution in [0.4, 0.5) is 5.69 Å². The number of fused-ring (bicyclic) bond motifs is 1. The van der Waals surface area contributed by atoms with Crippen LogP contribution in [0.5, 0.6) is 11.5 Å². The quantitative estimate of drug-likeness (QED) is 0.675. The van der Waals surface area contributed by atoms with E-state index >= 15 is 0 Å². The third kappa shape index (κ3) is 4.99. The molecule has 0 bridgehead atoms. The van der Waals surface area contributed by atoms with E-state index in [0.29, 0.717) is 30.9 Å². The Kier molecular flexibility index (Phi) is 5.98. The van der Waals surface area contributed by atoms with Crippen molar-refractivity contribution in [2.45, 2.75) is 24.7 Å². The first kappa shape index (κ1) is 19.2. The van der Waals surface area contributed by atoms with Gasteiger partial charge in [0.1, 0.15) is 18.1 Å². The number of ether oxygens (including phenoxy) is 2. The molecule has 0 aromatic heterocycles. The summed E-state index contributed by atoms with van der Waals surface area (Å²) >= 11 is 0.